The van der Waals surface area contributed by atoms with E-state index in [1.807, 2.05) is 65.8 Å². The molecule has 0 radical (unpaired) electrons. The molecule has 0 heterocycles. The molecule has 0 aliphatic rings. The predicted octanol–water partition coefficient (Wildman–Crippen LogP) is 8.36. The van der Waals surface area contributed by atoms with Gasteiger partial charge < -0.3 is 29.6 Å². The van der Waals surface area contributed by atoms with Crippen LogP contribution in [0.15, 0.2) is 107 Å². The summed E-state index contributed by atoms with van der Waals surface area (Å²) in [6.45, 7) is 11.4. The van der Waals surface area contributed by atoms with Gasteiger partial charge in [-0.15, -0.1) is 0 Å². The average Bonchev–Trinajstić information content (AvgIpc) is 3.04. The second kappa shape index (κ2) is 15.2. The third-order valence-electron chi connectivity index (χ3n) is 7.81. The smallest absolute Gasteiger partial charge is 0.340 e. The van der Waals surface area contributed by atoms with Crippen molar-refractivity contribution in [2.75, 3.05) is 21.3 Å². The number of nitrogens with one attached hydrogen (secondary N) is 4. The van der Waals surface area contributed by atoms with Gasteiger partial charge in [0.25, 0.3) is 0 Å². The van der Waals surface area contributed by atoms with Gasteiger partial charge in [0.15, 0.2) is 0 Å². The van der Waals surface area contributed by atoms with E-state index in [1.54, 1.807) is 0 Å². The molecule has 5 rings (SSSR count). The fourth-order valence-electron chi connectivity index (χ4n) is 5.76. The number of amides is 4. The van der Waals surface area contributed by atoms with Crippen LogP contribution in [0, 0.1) is 41.5 Å². The van der Waals surface area contributed by atoms with Crippen molar-refractivity contribution in [2.24, 2.45) is 0 Å². The van der Waals surface area contributed by atoms with Crippen LogP contribution < -0.4 is 29.6 Å². The van der Waals surface area contributed by atoms with E-state index in [0.717, 1.165) is 45.5 Å². The minimum atomic E-state index is -4.74. The monoisotopic (exact) mass is 742 g/mol. The summed E-state index contributed by atoms with van der Waals surface area (Å²) in [6, 6.07) is 22.8. The van der Waals surface area contributed by atoms with Gasteiger partial charge in [-0.2, -0.15) is 16.8 Å². The van der Waals surface area contributed by atoms with E-state index in [2.05, 4.69) is 21.3 Å². The quantitative estimate of drug-likeness (QED) is 0.104. The molecule has 4 amide bonds. The number of carbonyl (C=O) groups is 2. The van der Waals surface area contributed by atoms with Crippen molar-refractivity contribution >= 4 is 55.0 Å². The Balaban J connectivity index is 1.29. The summed E-state index contributed by atoms with van der Waals surface area (Å²) in [7, 11) is -9.49. The zero-order valence-electron chi connectivity index (χ0n) is 29.3. The number of benzene rings is 5. The number of aryl methyl sites for hydroxylation is 6. The van der Waals surface area contributed by atoms with E-state index in [-0.39, 0.29) is 22.9 Å². The Morgan fingerprint density at radius 1 is 0.462 bits per heavy atom. The van der Waals surface area contributed by atoms with E-state index < -0.39 is 42.1 Å². The van der Waals surface area contributed by atoms with Crippen LogP contribution in [0.1, 0.15) is 33.4 Å². The van der Waals surface area contributed by atoms with Crippen molar-refractivity contribution in [1.82, 2.24) is 0 Å². The average molecular weight is 743 g/mol. The molecule has 0 bridgehead atoms. The molecule has 0 unspecified atom stereocenters. The second-order valence-corrected chi connectivity index (χ2v) is 15.3. The molecule has 0 atom stereocenters. The van der Waals surface area contributed by atoms with Crippen LogP contribution in [0.5, 0.6) is 11.5 Å². The van der Waals surface area contributed by atoms with Crippen molar-refractivity contribution in [1.29, 1.82) is 0 Å². The first-order valence-corrected chi connectivity index (χ1v) is 18.8. The maximum absolute atomic E-state index is 13.5. The van der Waals surface area contributed by atoms with Gasteiger partial charge >= 0.3 is 32.3 Å². The van der Waals surface area contributed by atoms with E-state index in [0.29, 0.717) is 11.4 Å². The highest BCUT2D eigenvalue weighted by Crippen LogP contribution is 2.30. The highest BCUT2D eigenvalue weighted by molar-refractivity contribution is 7.90. The number of rotatable bonds is 10. The third kappa shape index (κ3) is 9.08. The van der Waals surface area contributed by atoms with Crippen molar-refractivity contribution in [3.8, 4) is 11.5 Å². The van der Waals surface area contributed by atoms with Gasteiger partial charge in [-0.25, -0.2) is 9.59 Å². The zero-order valence-corrected chi connectivity index (χ0v) is 31.0. The van der Waals surface area contributed by atoms with E-state index >= 15 is 0 Å². The Labute approximate surface area is 303 Å². The Morgan fingerprint density at radius 3 is 1.15 bits per heavy atom. The summed E-state index contributed by atoms with van der Waals surface area (Å²) in [5.74, 6) is -0.358. The van der Waals surface area contributed by atoms with E-state index in [9.17, 15) is 26.4 Å². The molecule has 0 aromatic heterocycles. The highest BCUT2D eigenvalue weighted by Gasteiger charge is 2.30. The molecule has 52 heavy (non-hydrogen) atoms. The molecule has 0 saturated heterocycles. The molecule has 4 N–H and O–H groups in total. The van der Waals surface area contributed by atoms with E-state index in [1.165, 1.54) is 60.7 Å². The first-order chi connectivity index (χ1) is 24.5. The van der Waals surface area contributed by atoms with Gasteiger partial charge in [0, 0.05) is 34.9 Å². The summed E-state index contributed by atoms with van der Waals surface area (Å²) in [5, 5.41) is 10.9. The van der Waals surface area contributed by atoms with Crippen molar-refractivity contribution in [3.05, 3.63) is 130 Å². The van der Waals surface area contributed by atoms with Crippen LogP contribution in [0.4, 0.5) is 32.3 Å². The molecule has 0 aliphatic heterocycles. The maximum atomic E-state index is 13.5. The summed E-state index contributed by atoms with van der Waals surface area (Å²) < 4.78 is 64.6. The van der Waals surface area contributed by atoms with Gasteiger partial charge in [-0.1, -0.05) is 59.7 Å². The van der Waals surface area contributed by atoms with Crippen LogP contribution in [0.3, 0.4) is 0 Å². The molecule has 270 valence electrons. The normalized spacial score (nSPS) is 11.3. The lowest BCUT2D eigenvalue weighted by Gasteiger charge is -2.15. The van der Waals surface area contributed by atoms with E-state index in [4.69, 9.17) is 8.37 Å². The Hall–Kier alpha value is -5.86. The minimum absolute atomic E-state index is 0.179. The fraction of sp³-hybridized carbons (Fsp3) is 0.158. The topological polar surface area (TPSA) is 169 Å². The number of urea groups is 2. The number of carbonyl (C=O) groups excluding carboxylic acids is 2. The predicted molar refractivity (Wildman–Crippen MR) is 202 cm³/mol. The lowest BCUT2D eigenvalue weighted by Crippen LogP contribution is -2.21. The van der Waals surface area contributed by atoms with Crippen molar-refractivity contribution in [3.63, 3.8) is 0 Å². The molecule has 5 aromatic carbocycles. The standard InChI is InChI=1S/C38H38N4O8S2/c1-23-17-25(3)35(26(4)18-23)41-37(43)39-29-11-9-13-31(21-29)49-51(45,46)33-15-7-8-16-34(33)52(47,48)50-32-14-10-12-30(22-32)40-38(44)42-36-27(5)19-24(2)20-28(36)6/h7-22H,1-6H3,(H2,39,41,43)(H2,40,42,44). The zero-order chi connectivity index (χ0) is 37.8. The molecular formula is C38H38N4O8S2. The first-order valence-electron chi connectivity index (χ1n) is 16.0. The third-order valence-corrected chi connectivity index (χ3v) is 10.6. The summed E-state index contributed by atoms with van der Waals surface area (Å²) >= 11 is 0. The Bertz CT molecular complexity index is 2200. The lowest BCUT2D eigenvalue weighted by molar-refractivity contribution is 0.261. The molecule has 0 fully saturated rings. The van der Waals surface area contributed by atoms with Gasteiger partial charge in [0.05, 0.1) is 0 Å². The summed E-state index contributed by atoms with van der Waals surface area (Å²) in [5.41, 5.74) is 7.37. The first kappa shape index (κ1) is 37.4. The largest absolute Gasteiger partial charge is 0.379 e. The molecule has 5 aromatic rings. The molecule has 12 nitrogen and oxygen atoms in total. The number of hydrogen-bond donors (Lipinski definition) is 4. The Kier molecular flexibility index (Phi) is 10.9. The van der Waals surface area contributed by atoms with Crippen molar-refractivity contribution < 1.29 is 34.8 Å². The van der Waals surface area contributed by atoms with Crippen molar-refractivity contribution in [2.45, 2.75) is 51.3 Å². The number of anilines is 4. The van der Waals surface area contributed by atoms with Gasteiger partial charge in [0.2, 0.25) is 0 Å². The van der Waals surface area contributed by atoms with Crippen LogP contribution in [0.25, 0.3) is 0 Å². The van der Waals surface area contributed by atoms with Gasteiger partial charge in [-0.3, -0.25) is 0 Å². The summed E-state index contributed by atoms with van der Waals surface area (Å²) in [6.07, 6.45) is 0. The van der Waals surface area contributed by atoms with Crippen LogP contribution in [0.2, 0.25) is 0 Å². The molecule has 14 heteroatoms. The minimum Gasteiger partial charge on any atom is -0.379 e. The molecule has 0 spiro atoms. The number of hydrogen-bond acceptors (Lipinski definition) is 8. The fourth-order valence-corrected chi connectivity index (χ4v) is 8.39. The van der Waals surface area contributed by atoms with Crippen LogP contribution in [-0.2, 0) is 20.2 Å². The molecular weight excluding hydrogens is 705 g/mol. The van der Waals surface area contributed by atoms with Crippen LogP contribution in [-0.4, -0.2) is 28.9 Å². The maximum Gasteiger partial charge on any atom is 0.340 e. The van der Waals surface area contributed by atoms with Gasteiger partial charge in [0.1, 0.15) is 21.3 Å². The molecule has 0 saturated carbocycles. The Morgan fingerprint density at radius 2 is 0.808 bits per heavy atom. The van der Waals surface area contributed by atoms with Crippen LogP contribution >= 0.6 is 0 Å². The second-order valence-electron chi connectivity index (χ2n) is 12.3. The SMILES string of the molecule is Cc1cc(C)c(NC(=O)Nc2cccc(OS(=O)(=O)c3ccccc3S(=O)(=O)Oc3cccc(NC(=O)Nc4c(C)cc(C)cc4C)c3)c2)c(C)c1. The summed E-state index contributed by atoms with van der Waals surface area (Å²) in [4.78, 5) is 24.2. The molecule has 0 aliphatic carbocycles. The van der Waals surface area contributed by atoms with Gasteiger partial charge in [-0.05, 0) is 100 Å². The highest BCUT2D eigenvalue weighted by atomic mass is 32.2. The lowest BCUT2D eigenvalue weighted by atomic mass is 10.1.